The van der Waals surface area contributed by atoms with Crippen molar-refractivity contribution in [3.05, 3.63) is 51.7 Å². The van der Waals surface area contributed by atoms with E-state index in [2.05, 4.69) is 23.7 Å². The Morgan fingerprint density at radius 2 is 2.00 bits per heavy atom. The first-order chi connectivity index (χ1) is 9.20. The lowest BCUT2D eigenvalue weighted by atomic mass is 10.1. The summed E-state index contributed by atoms with van der Waals surface area (Å²) in [4.78, 5) is 1.32. The van der Waals surface area contributed by atoms with Crippen molar-refractivity contribution in [1.29, 1.82) is 0 Å². The highest BCUT2D eigenvalue weighted by atomic mass is 32.1. The van der Waals surface area contributed by atoms with Gasteiger partial charge < -0.3 is 15.2 Å². The number of aliphatic hydroxyl groups is 1. The van der Waals surface area contributed by atoms with Gasteiger partial charge in [-0.15, -0.1) is 11.3 Å². The van der Waals surface area contributed by atoms with E-state index in [-0.39, 0.29) is 0 Å². The molecule has 0 bridgehead atoms. The van der Waals surface area contributed by atoms with Crippen molar-refractivity contribution in [1.82, 2.24) is 5.32 Å². The van der Waals surface area contributed by atoms with Gasteiger partial charge in [-0.3, -0.25) is 0 Å². The number of nitrogens with one attached hydrogen (secondary N) is 1. The van der Waals surface area contributed by atoms with Gasteiger partial charge in [-0.05, 0) is 41.6 Å². The fourth-order valence-electron chi connectivity index (χ4n) is 1.85. The van der Waals surface area contributed by atoms with Crippen molar-refractivity contribution < 1.29 is 9.84 Å². The second-order valence-corrected chi connectivity index (χ2v) is 5.45. The van der Waals surface area contributed by atoms with Crippen LogP contribution in [0.3, 0.4) is 0 Å². The van der Waals surface area contributed by atoms with Crippen LogP contribution in [-0.4, -0.2) is 18.8 Å². The molecule has 0 aliphatic carbocycles. The minimum absolute atomic E-state index is 0.494. The average Bonchev–Trinajstić information content (AvgIpc) is 2.84. The lowest BCUT2D eigenvalue weighted by Gasteiger charge is -2.12. The Balaban J connectivity index is 1.83. The first-order valence-electron chi connectivity index (χ1n) is 6.26. The molecule has 0 saturated carbocycles. The highest BCUT2D eigenvalue weighted by molar-refractivity contribution is 7.10. The maximum Gasteiger partial charge on any atom is 0.118 e. The van der Waals surface area contributed by atoms with E-state index in [4.69, 9.17) is 4.74 Å². The third kappa shape index (κ3) is 3.80. The van der Waals surface area contributed by atoms with Crippen molar-refractivity contribution >= 4 is 11.3 Å². The molecule has 0 aliphatic heterocycles. The number of aliphatic hydroxyl groups excluding tert-OH is 1. The first kappa shape index (κ1) is 14.1. The second kappa shape index (κ2) is 6.70. The predicted molar refractivity (Wildman–Crippen MR) is 78.7 cm³/mol. The molecule has 0 saturated heterocycles. The summed E-state index contributed by atoms with van der Waals surface area (Å²) in [5.41, 5.74) is 2.20. The van der Waals surface area contributed by atoms with Crippen molar-refractivity contribution in [2.24, 2.45) is 0 Å². The van der Waals surface area contributed by atoms with Crippen molar-refractivity contribution in [2.45, 2.75) is 19.6 Å². The molecule has 19 heavy (non-hydrogen) atoms. The van der Waals surface area contributed by atoms with E-state index in [0.717, 1.165) is 17.9 Å². The molecular weight excluding hydrogens is 258 g/mol. The van der Waals surface area contributed by atoms with E-state index in [1.165, 1.54) is 10.4 Å². The summed E-state index contributed by atoms with van der Waals surface area (Å²) in [5, 5.41) is 15.5. The number of rotatable bonds is 6. The van der Waals surface area contributed by atoms with Crippen LogP contribution in [0.2, 0.25) is 0 Å². The Labute approximate surface area is 117 Å². The zero-order chi connectivity index (χ0) is 13.7. The molecule has 1 aromatic carbocycles. The number of ether oxygens (including phenoxy) is 1. The maximum atomic E-state index is 10.1. The summed E-state index contributed by atoms with van der Waals surface area (Å²) in [5.74, 6) is 0.804. The molecule has 0 aliphatic rings. The van der Waals surface area contributed by atoms with Gasteiger partial charge >= 0.3 is 0 Å². The number of hydrogen-bond acceptors (Lipinski definition) is 4. The largest absolute Gasteiger partial charge is 0.497 e. The van der Waals surface area contributed by atoms with Crippen LogP contribution >= 0.6 is 11.3 Å². The Hall–Kier alpha value is -1.36. The van der Waals surface area contributed by atoms with Gasteiger partial charge in [-0.25, -0.2) is 0 Å². The number of hydrogen-bond donors (Lipinski definition) is 2. The van der Waals surface area contributed by atoms with E-state index in [0.29, 0.717) is 6.54 Å². The van der Waals surface area contributed by atoms with Gasteiger partial charge in [0.25, 0.3) is 0 Å². The molecule has 0 radical (unpaired) electrons. The summed E-state index contributed by atoms with van der Waals surface area (Å²) in [6, 6.07) is 9.62. The molecule has 1 unspecified atom stereocenters. The van der Waals surface area contributed by atoms with Crippen LogP contribution in [0, 0.1) is 6.92 Å². The van der Waals surface area contributed by atoms with E-state index in [9.17, 15) is 5.11 Å². The first-order valence-corrected chi connectivity index (χ1v) is 7.14. The van der Waals surface area contributed by atoms with Crippen LogP contribution in [0.25, 0.3) is 0 Å². The molecule has 0 spiro atoms. The van der Waals surface area contributed by atoms with Gasteiger partial charge in [0.2, 0.25) is 0 Å². The Bertz CT molecular complexity index is 507. The van der Waals surface area contributed by atoms with Crippen LogP contribution in [-0.2, 0) is 6.54 Å². The summed E-state index contributed by atoms with van der Waals surface area (Å²) >= 11 is 1.74. The van der Waals surface area contributed by atoms with Crippen molar-refractivity contribution in [3.8, 4) is 5.75 Å². The summed E-state index contributed by atoms with van der Waals surface area (Å²) in [7, 11) is 1.64. The molecule has 2 rings (SSSR count). The normalized spacial score (nSPS) is 12.4. The number of methoxy groups -OCH3 is 1. The highest BCUT2D eigenvalue weighted by Gasteiger charge is 2.07. The minimum atomic E-state index is -0.494. The van der Waals surface area contributed by atoms with Crippen LogP contribution in [0.15, 0.2) is 35.7 Å². The van der Waals surface area contributed by atoms with Gasteiger partial charge in [0.05, 0.1) is 13.2 Å². The van der Waals surface area contributed by atoms with Crippen molar-refractivity contribution in [3.63, 3.8) is 0 Å². The molecule has 4 heteroatoms. The van der Waals surface area contributed by atoms with Gasteiger partial charge in [-0.2, -0.15) is 0 Å². The fourth-order valence-corrected chi connectivity index (χ4v) is 2.73. The van der Waals surface area contributed by atoms with Crippen LogP contribution in [0.1, 0.15) is 22.1 Å². The quantitative estimate of drug-likeness (QED) is 0.853. The second-order valence-electron chi connectivity index (χ2n) is 4.45. The van der Waals surface area contributed by atoms with E-state index >= 15 is 0 Å². The molecule has 1 heterocycles. The zero-order valence-electron chi connectivity index (χ0n) is 11.2. The maximum absolute atomic E-state index is 10.1. The molecule has 1 aromatic heterocycles. The average molecular weight is 277 g/mol. The molecule has 3 nitrogen and oxygen atoms in total. The third-order valence-corrected chi connectivity index (χ3v) is 4.11. The SMILES string of the molecule is COc1ccc(C(O)CNCc2sccc2C)cc1. The lowest BCUT2D eigenvalue weighted by Crippen LogP contribution is -2.20. The van der Waals surface area contributed by atoms with E-state index in [1.807, 2.05) is 24.3 Å². The topological polar surface area (TPSA) is 41.5 Å². The molecule has 2 aromatic rings. The predicted octanol–water partition coefficient (Wildman–Crippen LogP) is 2.89. The molecule has 0 amide bonds. The smallest absolute Gasteiger partial charge is 0.118 e. The molecule has 0 fully saturated rings. The standard InChI is InChI=1S/C15H19NO2S/c1-11-7-8-19-15(11)10-16-9-14(17)12-3-5-13(18-2)6-4-12/h3-8,14,16-17H,9-10H2,1-2H3. The van der Waals surface area contributed by atoms with Crippen molar-refractivity contribution in [2.75, 3.05) is 13.7 Å². The Morgan fingerprint density at radius 3 is 2.58 bits per heavy atom. The highest BCUT2D eigenvalue weighted by Crippen LogP contribution is 2.18. The van der Waals surface area contributed by atoms with Gasteiger partial charge in [0, 0.05) is 18.0 Å². The molecule has 1 atom stereocenters. The molecule has 2 N–H and O–H groups in total. The molecule has 102 valence electrons. The summed E-state index contributed by atoms with van der Waals surface area (Å²) in [6.07, 6.45) is -0.494. The Morgan fingerprint density at radius 1 is 1.26 bits per heavy atom. The fraction of sp³-hybridized carbons (Fsp3) is 0.333. The zero-order valence-corrected chi connectivity index (χ0v) is 12.0. The van der Waals surface area contributed by atoms with E-state index < -0.39 is 6.10 Å². The number of aryl methyl sites for hydroxylation is 1. The van der Waals surface area contributed by atoms with Crippen LogP contribution in [0.5, 0.6) is 5.75 Å². The monoisotopic (exact) mass is 277 g/mol. The van der Waals surface area contributed by atoms with Crippen LogP contribution in [0.4, 0.5) is 0 Å². The van der Waals surface area contributed by atoms with Crippen LogP contribution < -0.4 is 10.1 Å². The lowest BCUT2D eigenvalue weighted by molar-refractivity contribution is 0.174. The van der Waals surface area contributed by atoms with Gasteiger partial charge in [0.15, 0.2) is 0 Å². The number of thiophene rings is 1. The molecular formula is C15H19NO2S. The summed E-state index contributed by atoms with van der Waals surface area (Å²) in [6.45, 7) is 3.45. The van der Waals surface area contributed by atoms with Gasteiger partial charge in [-0.1, -0.05) is 12.1 Å². The third-order valence-electron chi connectivity index (χ3n) is 3.09. The number of benzene rings is 1. The summed E-state index contributed by atoms with van der Waals surface area (Å²) < 4.78 is 5.10. The minimum Gasteiger partial charge on any atom is -0.497 e. The van der Waals surface area contributed by atoms with Gasteiger partial charge in [0.1, 0.15) is 5.75 Å². The Kier molecular flexibility index (Phi) is 4.96. The van der Waals surface area contributed by atoms with E-state index in [1.54, 1.807) is 18.4 Å².